The molecule has 23 heavy (non-hydrogen) atoms. The Balaban J connectivity index is 1.67. The van der Waals surface area contributed by atoms with Crippen LogP contribution in [0, 0.1) is 0 Å². The maximum atomic E-state index is 11.7. The Morgan fingerprint density at radius 1 is 1.17 bits per heavy atom. The lowest BCUT2D eigenvalue weighted by molar-refractivity contribution is 0.100. The molecule has 1 fully saturated rings. The summed E-state index contributed by atoms with van der Waals surface area (Å²) in [5, 5.41) is 6.83. The van der Waals surface area contributed by atoms with Crippen molar-refractivity contribution in [2.24, 2.45) is 5.73 Å². The highest BCUT2D eigenvalue weighted by atomic mass is 16.1. The minimum Gasteiger partial charge on any atom is -0.366 e. The van der Waals surface area contributed by atoms with E-state index in [1.54, 1.807) is 6.07 Å². The van der Waals surface area contributed by atoms with Crippen LogP contribution in [0.25, 0.3) is 0 Å². The van der Waals surface area contributed by atoms with E-state index in [-0.39, 0.29) is 0 Å². The standard InChI is InChI=1S/C18H20N4O/c19-18(23)14-3-1-4-16-17(14)22(11-21-16)13-8-6-12(7-9-13)15-5-2-10-20-15/h1,3-4,6-9,15,20-21H,2,5,10-11H2,(H2,19,23). The average molecular weight is 308 g/mol. The highest BCUT2D eigenvalue weighted by Crippen LogP contribution is 2.39. The molecule has 4 N–H and O–H groups in total. The van der Waals surface area contributed by atoms with Crippen molar-refractivity contribution >= 4 is 23.0 Å². The number of rotatable bonds is 3. The Morgan fingerprint density at radius 2 is 2.00 bits per heavy atom. The molecule has 1 saturated heterocycles. The first-order valence-corrected chi connectivity index (χ1v) is 8.01. The molecule has 118 valence electrons. The van der Waals surface area contributed by atoms with E-state index in [4.69, 9.17) is 5.73 Å². The van der Waals surface area contributed by atoms with Gasteiger partial charge in [-0.15, -0.1) is 0 Å². The minimum absolute atomic E-state index is 0.401. The van der Waals surface area contributed by atoms with Crippen LogP contribution in [0.3, 0.4) is 0 Å². The number of nitrogens with one attached hydrogen (secondary N) is 2. The average Bonchev–Trinajstić information content (AvgIpc) is 3.24. The van der Waals surface area contributed by atoms with Gasteiger partial charge >= 0.3 is 0 Å². The van der Waals surface area contributed by atoms with Crippen LogP contribution >= 0.6 is 0 Å². The Kier molecular flexibility index (Phi) is 3.42. The largest absolute Gasteiger partial charge is 0.366 e. The lowest BCUT2D eigenvalue weighted by atomic mass is 10.0. The molecule has 4 rings (SSSR count). The van der Waals surface area contributed by atoms with Crippen molar-refractivity contribution in [2.75, 3.05) is 23.4 Å². The summed E-state index contributed by atoms with van der Waals surface area (Å²) in [5.74, 6) is -0.401. The van der Waals surface area contributed by atoms with Crippen LogP contribution in [0.15, 0.2) is 42.5 Å². The highest BCUT2D eigenvalue weighted by molar-refractivity contribution is 6.04. The van der Waals surface area contributed by atoms with Gasteiger partial charge in [-0.25, -0.2) is 0 Å². The van der Waals surface area contributed by atoms with E-state index in [1.807, 2.05) is 12.1 Å². The zero-order valence-electron chi connectivity index (χ0n) is 12.9. The number of primary amides is 1. The maximum absolute atomic E-state index is 11.7. The van der Waals surface area contributed by atoms with Gasteiger partial charge in [-0.05, 0) is 49.2 Å². The zero-order chi connectivity index (χ0) is 15.8. The van der Waals surface area contributed by atoms with Crippen molar-refractivity contribution in [1.82, 2.24) is 5.32 Å². The number of carbonyl (C=O) groups is 1. The fraction of sp³-hybridized carbons (Fsp3) is 0.278. The first-order chi connectivity index (χ1) is 11.2. The molecule has 2 aliphatic rings. The molecule has 0 aliphatic carbocycles. The van der Waals surface area contributed by atoms with E-state index in [0.717, 1.165) is 23.6 Å². The predicted molar refractivity (Wildman–Crippen MR) is 92.0 cm³/mol. The molecule has 0 radical (unpaired) electrons. The van der Waals surface area contributed by atoms with E-state index in [1.165, 1.54) is 18.4 Å². The molecule has 2 aliphatic heterocycles. The van der Waals surface area contributed by atoms with Crippen LogP contribution in [-0.4, -0.2) is 19.1 Å². The molecule has 0 spiro atoms. The molecular weight excluding hydrogens is 288 g/mol. The summed E-state index contributed by atoms with van der Waals surface area (Å²) in [5.41, 5.74) is 10.3. The van der Waals surface area contributed by atoms with Crippen LogP contribution in [0.5, 0.6) is 0 Å². The highest BCUT2D eigenvalue weighted by Gasteiger charge is 2.25. The smallest absolute Gasteiger partial charge is 0.250 e. The van der Waals surface area contributed by atoms with Gasteiger partial charge in [0.2, 0.25) is 0 Å². The molecule has 1 atom stereocenters. The Hall–Kier alpha value is -2.53. The summed E-state index contributed by atoms with van der Waals surface area (Å²) < 4.78 is 0. The fourth-order valence-corrected chi connectivity index (χ4v) is 3.50. The van der Waals surface area contributed by atoms with Crippen LogP contribution in [0.2, 0.25) is 0 Å². The lowest BCUT2D eigenvalue weighted by Gasteiger charge is -2.21. The van der Waals surface area contributed by atoms with Crippen LogP contribution < -0.4 is 21.3 Å². The number of fused-ring (bicyclic) bond motifs is 1. The quantitative estimate of drug-likeness (QED) is 0.815. The predicted octanol–water partition coefficient (Wildman–Crippen LogP) is 2.73. The molecule has 0 aromatic heterocycles. The second-order valence-corrected chi connectivity index (χ2v) is 6.07. The molecule has 2 aromatic rings. The summed E-state index contributed by atoms with van der Waals surface area (Å²) in [6.45, 7) is 1.73. The molecule has 2 heterocycles. The summed E-state index contributed by atoms with van der Waals surface area (Å²) >= 11 is 0. The first-order valence-electron chi connectivity index (χ1n) is 8.01. The van der Waals surface area contributed by atoms with Gasteiger partial charge in [-0.2, -0.15) is 0 Å². The second-order valence-electron chi connectivity index (χ2n) is 6.07. The van der Waals surface area contributed by atoms with Crippen molar-refractivity contribution in [3.05, 3.63) is 53.6 Å². The SMILES string of the molecule is NC(=O)c1cccc2c1N(c1ccc(C3CCCN3)cc1)CN2. The number of anilines is 3. The van der Waals surface area contributed by atoms with Crippen molar-refractivity contribution in [3.8, 4) is 0 Å². The number of amides is 1. The van der Waals surface area contributed by atoms with Gasteiger partial charge in [0.25, 0.3) is 5.91 Å². The summed E-state index contributed by atoms with van der Waals surface area (Å²) in [4.78, 5) is 13.8. The zero-order valence-corrected chi connectivity index (χ0v) is 12.9. The third-order valence-corrected chi connectivity index (χ3v) is 4.67. The first kappa shape index (κ1) is 14.1. The number of benzene rings is 2. The monoisotopic (exact) mass is 308 g/mol. The minimum atomic E-state index is -0.401. The Bertz CT molecular complexity index is 735. The fourth-order valence-electron chi connectivity index (χ4n) is 3.50. The molecule has 1 unspecified atom stereocenters. The van der Waals surface area contributed by atoms with E-state index in [0.29, 0.717) is 18.3 Å². The van der Waals surface area contributed by atoms with Gasteiger partial charge in [0.15, 0.2) is 0 Å². The molecule has 2 aromatic carbocycles. The lowest BCUT2D eigenvalue weighted by Crippen LogP contribution is -2.20. The van der Waals surface area contributed by atoms with Crippen molar-refractivity contribution in [2.45, 2.75) is 18.9 Å². The van der Waals surface area contributed by atoms with Gasteiger partial charge in [-0.3, -0.25) is 4.79 Å². The summed E-state index contributed by atoms with van der Waals surface area (Å²) in [6, 6.07) is 14.6. The second kappa shape index (κ2) is 5.59. The normalized spacial score (nSPS) is 19.5. The van der Waals surface area contributed by atoms with Crippen molar-refractivity contribution in [1.29, 1.82) is 0 Å². The number of nitrogens with zero attached hydrogens (tertiary/aromatic N) is 1. The van der Waals surface area contributed by atoms with Gasteiger partial charge in [0, 0.05) is 11.7 Å². The molecule has 1 amide bonds. The van der Waals surface area contributed by atoms with E-state index < -0.39 is 5.91 Å². The van der Waals surface area contributed by atoms with Gasteiger partial charge in [0.05, 0.1) is 23.6 Å². The van der Waals surface area contributed by atoms with Gasteiger partial charge in [-0.1, -0.05) is 18.2 Å². The molecular formula is C18H20N4O. The maximum Gasteiger partial charge on any atom is 0.250 e. The summed E-state index contributed by atoms with van der Waals surface area (Å²) in [6.07, 6.45) is 2.43. The van der Waals surface area contributed by atoms with Gasteiger partial charge < -0.3 is 21.3 Å². The molecule has 0 bridgehead atoms. The van der Waals surface area contributed by atoms with Crippen molar-refractivity contribution < 1.29 is 4.79 Å². The molecule has 5 nitrogen and oxygen atoms in total. The number of para-hydroxylation sites is 1. The number of hydrogen-bond donors (Lipinski definition) is 3. The van der Waals surface area contributed by atoms with E-state index >= 15 is 0 Å². The number of carbonyl (C=O) groups excluding carboxylic acids is 1. The van der Waals surface area contributed by atoms with Crippen LogP contribution in [0.1, 0.15) is 34.8 Å². The molecule has 5 heteroatoms. The van der Waals surface area contributed by atoms with Crippen LogP contribution in [-0.2, 0) is 0 Å². The van der Waals surface area contributed by atoms with Crippen molar-refractivity contribution in [3.63, 3.8) is 0 Å². The van der Waals surface area contributed by atoms with Crippen LogP contribution in [0.4, 0.5) is 17.1 Å². The van der Waals surface area contributed by atoms with Gasteiger partial charge in [0.1, 0.15) is 0 Å². The third-order valence-electron chi connectivity index (χ3n) is 4.67. The number of hydrogen-bond acceptors (Lipinski definition) is 4. The Labute approximate surface area is 135 Å². The van der Waals surface area contributed by atoms with E-state index in [2.05, 4.69) is 39.8 Å². The molecule has 0 saturated carbocycles. The summed E-state index contributed by atoms with van der Waals surface area (Å²) in [7, 11) is 0. The Morgan fingerprint density at radius 3 is 2.70 bits per heavy atom. The number of nitrogens with two attached hydrogens (primary N) is 1. The topological polar surface area (TPSA) is 70.4 Å². The third kappa shape index (κ3) is 2.43. The van der Waals surface area contributed by atoms with E-state index in [9.17, 15) is 4.79 Å².